The van der Waals surface area contributed by atoms with E-state index in [1.54, 1.807) is 12.1 Å². The van der Waals surface area contributed by atoms with Crippen molar-refractivity contribution in [3.8, 4) is 5.75 Å². The first-order valence-electron chi connectivity index (χ1n) is 4.58. The van der Waals surface area contributed by atoms with Gasteiger partial charge in [-0.05, 0) is 12.1 Å². The van der Waals surface area contributed by atoms with Crippen LogP contribution in [-0.2, 0) is 9.59 Å². The fraction of sp³-hybridized carbons (Fsp3) is 0.182. The molecule has 0 aliphatic heterocycles. The molecule has 0 bridgehead atoms. The molecule has 0 aliphatic carbocycles. The van der Waals surface area contributed by atoms with Gasteiger partial charge in [0.15, 0.2) is 0 Å². The summed E-state index contributed by atoms with van der Waals surface area (Å²) in [6, 6.07) is 5.81. The van der Waals surface area contributed by atoms with Gasteiger partial charge in [0.25, 0.3) is 11.9 Å². The molecule has 18 heavy (non-hydrogen) atoms. The molecule has 0 saturated carbocycles. The second-order valence-electron chi connectivity index (χ2n) is 2.86. The van der Waals surface area contributed by atoms with Crippen LogP contribution < -0.4 is 0 Å². The quantitative estimate of drug-likeness (QED) is 0.596. The highest BCUT2D eigenvalue weighted by Gasteiger charge is 2.05. The SMILES string of the molecule is CC(=O)O.CC(=O)O.O=C(O)c1ccccc1O. The molecule has 0 amide bonds. The van der Waals surface area contributed by atoms with Crippen LogP contribution in [0.5, 0.6) is 5.75 Å². The monoisotopic (exact) mass is 258 g/mol. The molecule has 7 nitrogen and oxygen atoms in total. The van der Waals surface area contributed by atoms with E-state index in [1.165, 1.54) is 12.1 Å². The van der Waals surface area contributed by atoms with Crippen LogP contribution in [0.2, 0.25) is 0 Å². The lowest BCUT2D eigenvalue weighted by molar-refractivity contribution is -0.135. The van der Waals surface area contributed by atoms with E-state index in [2.05, 4.69) is 0 Å². The van der Waals surface area contributed by atoms with Gasteiger partial charge >= 0.3 is 5.97 Å². The fourth-order valence-corrected chi connectivity index (χ4v) is 0.654. The van der Waals surface area contributed by atoms with Crippen molar-refractivity contribution in [3.05, 3.63) is 29.8 Å². The Bertz CT molecular complexity index is 392. The molecular formula is C11H14O7. The maximum Gasteiger partial charge on any atom is 0.339 e. The first-order chi connectivity index (χ1) is 8.18. The number of hydrogen-bond acceptors (Lipinski definition) is 4. The van der Waals surface area contributed by atoms with Crippen molar-refractivity contribution in [2.45, 2.75) is 13.8 Å². The summed E-state index contributed by atoms with van der Waals surface area (Å²) in [6.45, 7) is 2.17. The van der Waals surface area contributed by atoms with Crippen molar-refractivity contribution >= 4 is 17.9 Å². The number of benzene rings is 1. The van der Waals surface area contributed by atoms with Gasteiger partial charge in [0.05, 0.1) is 0 Å². The maximum atomic E-state index is 10.3. The Morgan fingerprint density at radius 2 is 1.22 bits per heavy atom. The van der Waals surface area contributed by atoms with Gasteiger partial charge in [0.1, 0.15) is 11.3 Å². The number of aromatic carboxylic acids is 1. The van der Waals surface area contributed by atoms with Gasteiger partial charge in [-0.1, -0.05) is 12.1 Å². The Labute approximate surface area is 103 Å². The Hall–Kier alpha value is -2.57. The number of aliphatic carboxylic acids is 2. The Morgan fingerprint density at radius 3 is 1.44 bits per heavy atom. The number of phenols is 1. The normalized spacial score (nSPS) is 7.89. The van der Waals surface area contributed by atoms with E-state index >= 15 is 0 Å². The summed E-state index contributed by atoms with van der Waals surface area (Å²) in [6.07, 6.45) is 0. The Kier molecular flexibility index (Phi) is 9.54. The molecule has 0 heterocycles. The van der Waals surface area contributed by atoms with E-state index < -0.39 is 17.9 Å². The van der Waals surface area contributed by atoms with Crippen LogP contribution in [0.3, 0.4) is 0 Å². The van der Waals surface area contributed by atoms with E-state index in [4.69, 9.17) is 30.0 Å². The lowest BCUT2D eigenvalue weighted by Crippen LogP contribution is -1.95. The number of carboxylic acids is 3. The molecule has 7 heteroatoms. The van der Waals surface area contributed by atoms with Crippen molar-refractivity contribution in [1.82, 2.24) is 0 Å². The number of aromatic hydroxyl groups is 1. The van der Waals surface area contributed by atoms with Gasteiger partial charge in [-0.25, -0.2) is 4.79 Å². The first-order valence-corrected chi connectivity index (χ1v) is 4.58. The molecule has 0 saturated heterocycles. The molecule has 1 aromatic rings. The molecule has 0 unspecified atom stereocenters. The Morgan fingerprint density at radius 1 is 0.889 bits per heavy atom. The summed E-state index contributed by atoms with van der Waals surface area (Å²) < 4.78 is 0. The predicted molar refractivity (Wildman–Crippen MR) is 61.7 cm³/mol. The first kappa shape index (κ1) is 17.8. The second-order valence-corrected chi connectivity index (χ2v) is 2.86. The number of carbonyl (C=O) groups is 3. The van der Waals surface area contributed by atoms with Gasteiger partial charge in [-0.2, -0.15) is 0 Å². The molecule has 100 valence electrons. The van der Waals surface area contributed by atoms with Gasteiger partial charge in [0.2, 0.25) is 0 Å². The summed E-state index contributed by atoms with van der Waals surface area (Å²) in [4.78, 5) is 28.3. The molecule has 0 aromatic heterocycles. The fourth-order valence-electron chi connectivity index (χ4n) is 0.654. The summed E-state index contributed by atoms with van der Waals surface area (Å²) in [5.74, 6) is -2.98. The Balaban J connectivity index is 0. The highest BCUT2D eigenvalue weighted by atomic mass is 16.4. The van der Waals surface area contributed by atoms with Crippen molar-refractivity contribution in [2.24, 2.45) is 0 Å². The van der Waals surface area contributed by atoms with Crippen molar-refractivity contribution in [3.63, 3.8) is 0 Å². The van der Waals surface area contributed by atoms with Gasteiger partial charge in [-0.3, -0.25) is 9.59 Å². The molecular weight excluding hydrogens is 244 g/mol. The van der Waals surface area contributed by atoms with E-state index in [1.807, 2.05) is 0 Å². The third-order valence-electron chi connectivity index (χ3n) is 1.13. The van der Waals surface area contributed by atoms with Gasteiger partial charge in [-0.15, -0.1) is 0 Å². The van der Waals surface area contributed by atoms with Gasteiger partial charge < -0.3 is 20.4 Å². The highest BCUT2D eigenvalue weighted by Crippen LogP contribution is 2.14. The summed E-state index contributed by atoms with van der Waals surface area (Å²) >= 11 is 0. The van der Waals surface area contributed by atoms with Crippen LogP contribution in [-0.4, -0.2) is 38.3 Å². The van der Waals surface area contributed by atoms with Crippen molar-refractivity contribution in [2.75, 3.05) is 0 Å². The minimum absolute atomic E-state index is 0.0671. The topological polar surface area (TPSA) is 132 Å². The number of hydrogen-bond donors (Lipinski definition) is 4. The van der Waals surface area contributed by atoms with Crippen LogP contribution in [0.1, 0.15) is 24.2 Å². The predicted octanol–water partition coefficient (Wildman–Crippen LogP) is 1.27. The average molecular weight is 258 g/mol. The zero-order chi connectivity index (χ0) is 14.7. The van der Waals surface area contributed by atoms with E-state index in [0.717, 1.165) is 13.8 Å². The smallest absolute Gasteiger partial charge is 0.339 e. The second kappa shape index (κ2) is 9.64. The molecule has 1 aromatic carbocycles. The zero-order valence-corrected chi connectivity index (χ0v) is 9.82. The average Bonchev–Trinajstić information content (AvgIpc) is 2.15. The minimum Gasteiger partial charge on any atom is -0.507 e. The largest absolute Gasteiger partial charge is 0.507 e. The summed E-state index contributed by atoms with van der Waals surface area (Å²) in [7, 11) is 0. The van der Waals surface area contributed by atoms with Crippen LogP contribution in [0.15, 0.2) is 24.3 Å². The number of carboxylic acid groups (broad SMARTS) is 3. The van der Waals surface area contributed by atoms with Gasteiger partial charge in [0, 0.05) is 13.8 Å². The third kappa shape index (κ3) is 13.4. The molecule has 0 atom stereocenters. The summed E-state index contributed by atoms with van der Waals surface area (Å²) in [5, 5.41) is 32.1. The number of para-hydroxylation sites is 1. The lowest BCUT2D eigenvalue weighted by Gasteiger charge is -1.95. The van der Waals surface area contributed by atoms with Crippen LogP contribution in [0.25, 0.3) is 0 Å². The molecule has 0 aliphatic rings. The standard InChI is InChI=1S/C7H6O3.2C2H4O2/c8-6-4-2-1-3-5(6)7(9)10;2*1-2(3)4/h1-4,8H,(H,9,10);2*1H3,(H,3,4). The van der Waals surface area contributed by atoms with E-state index in [0.29, 0.717) is 0 Å². The molecule has 1 rings (SSSR count). The molecule has 0 radical (unpaired) electrons. The number of rotatable bonds is 1. The molecule has 0 spiro atoms. The zero-order valence-electron chi connectivity index (χ0n) is 9.82. The lowest BCUT2D eigenvalue weighted by atomic mass is 10.2. The van der Waals surface area contributed by atoms with Crippen molar-refractivity contribution in [1.29, 1.82) is 0 Å². The van der Waals surface area contributed by atoms with Crippen LogP contribution >= 0.6 is 0 Å². The molecule has 4 N–H and O–H groups in total. The van der Waals surface area contributed by atoms with Crippen LogP contribution in [0.4, 0.5) is 0 Å². The van der Waals surface area contributed by atoms with E-state index in [-0.39, 0.29) is 11.3 Å². The maximum absolute atomic E-state index is 10.3. The van der Waals surface area contributed by atoms with E-state index in [9.17, 15) is 4.79 Å². The molecule has 0 fully saturated rings. The summed E-state index contributed by atoms with van der Waals surface area (Å²) in [5.41, 5.74) is -0.0671. The van der Waals surface area contributed by atoms with Crippen molar-refractivity contribution < 1.29 is 34.8 Å². The third-order valence-corrected chi connectivity index (χ3v) is 1.13. The highest BCUT2D eigenvalue weighted by molar-refractivity contribution is 5.90. The van der Waals surface area contributed by atoms with Crippen LogP contribution in [0, 0.1) is 0 Å². The minimum atomic E-state index is -1.11.